The van der Waals surface area contributed by atoms with Gasteiger partial charge in [0.15, 0.2) is 0 Å². The summed E-state index contributed by atoms with van der Waals surface area (Å²) in [7, 11) is 0.202. The Morgan fingerprint density at radius 3 is 2.43 bits per heavy atom. The minimum Gasteiger partial charge on any atom is -1.00 e. The quantitative estimate of drug-likeness (QED) is 0.381. The topological polar surface area (TPSA) is 43.1 Å². The molecule has 1 aromatic rings. The Balaban J connectivity index is 0.00000169. The summed E-state index contributed by atoms with van der Waals surface area (Å²) in [6.07, 6.45) is 4.16. The molecule has 0 unspecified atom stereocenters. The number of hydrogen-bond donors (Lipinski definition) is 0. The van der Waals surface area contributed by atoms with Gasteiger partial charge in [-0.15, -0.1) is 0 Å². The van der Waals surface area contributed by atoms with E-state index in [-0.39, 0.29) is 33.9 Å². The smallest absolute Gasteiger partial charge is 0.277 e. The van der Waals surface area contributed by atoms with Crippen LogP contribution in [0.15, 0.2) is 24.3 Å². The van der Waals surface area contributed by atoms with Gasteiger partial charge < -0.3 is 12.4 Å². The van der Waals surface area contributed by atoms with Crippen LogP contribution in [0.25, 0.3) is 0 Å². The van der Waals surface area contributed by atoms with Gasteiger partial charge in [0.05, 0.1) is 23.0 Å². The summed E-state index contributed by atoms with van der Waals surface area (Å²) in [6, 6.07) is 6.92. The first-order valence-electron chi connectivity index (χ1n) is 3.87. The van der Waals surface area contributed by atoms with Crippen LogP contribution in [0.1, 0.15) is 5.56 Å². The number of hydrogen-bond acceptors (Lipinski definition) is 2. The second-order valence-electron chi connectivity index (χ2n) is 3.02. The van der Waals surface area contributed by atoms with Gasteiger partial charge in [-0.05, 0) is 17.0 Å². The molecule has 0 heterocycles. The molecular formula is C9H12ClNO2S. The van der Waals surface area contributed by atoms with Gasteiger partial charge in [-0.2, -0.15) is 0 Å². The summed E-state index contributed by atoms with van der Waals surface area (Å²) in [5, 5.41) is 10.6. The molecule has 1 aromatic carbocycles. The van der Waals surface area contributed by atoms with Gasteiger partial charge in [0, 0.05) is 6.07 Å². The van der Waals surface area contributed by atoms with Crippen molar-refractivity contribution in [1.29, 1.82) is 0 Å². The summed E-state index contributed by atoms with van der Waals surface area (Å²) in [4.78, 5) is 10.3. The largest absolute Gasteiger partial charge is 1.00 e. The molecule has 0 saturated heterocycles. The molecule has 5 heteroatoms. The predicted molar refractivity (Wildman–Crippen MR) is 56.0 cm³/mol. The van der Waals surface area contributed by atoms with Gasteiger partial charge in [0.2, 0.25) is 0 Å². The van der Waals surface area contributed by atoms with Gasteiger partial charge in [0.25, 0.3) is 5.69 Å². The van der Waals surface area contributed by atoms with Gasteiger partial charge >= 0.3 is 0 Å². The van der Waals surface area contributed by atoms with Gasteiger partial charge in [-0.25, -0.2) is 0 Å². The van der Waals surface area contributed by atoms with Crippen molar-refractivity contribution in [1.82, 2.24) is 0 Å². The molecule has 0 N–H and O–H groups in total. The first-order chi connectivity index (χ1) is 6.11. The zero-order valence-electron chi connectivity index (χ0n) is 8.07. The van der Waals surface area contributed by atoms with E-state index >= 15 is 0 Å². The van der Waals surface area contributed by atoms with E-state index in [0.29, 0.717) is 0 Å². The van der Waals surface area contributed by atoms with Gasteiger partial charge in [-0.3, -0.25) is 10.1 Å². The highest BCUT2D eigenvalue weighted by Gasteiger charge is 2.16. The zero-order chi connectivity index (χ0) is 9.84. The van der Waals surface area contributed by atoms with Crippen molar-refractivity contribution >= 4 is 16.6 Å². The predicted octanol–water partition coefficient (Wildman–Crippen LogP) is -1.02. The Morgan fingerprint density at radius 2 is 1.93 bits per heavy atom. The number of nitro groups is 1. The van der Waals surface area contributed by atoms with E-state index in [2.05, 4.69) is 12.5 Å². The number of nitro benzene ring substituents is 1. The molecule has 0 spiro atoms. The normalized spacial score (nSPS) is 9.64. The first kappa shape index (κ1) is 13.3. The van der Waals surface area contributed by atoms with Crippen molar-refractivity contribution in [3.8, 4) is 0 Å². The molecule has 0 bridgehead atoms. The number of halogens is 1. The Bertz CT molecular complexity index is 317. The molecule has 0 atom stereocenters. The number of nitrogens with zero attached hydrogens (tertiary/aromatic N) is 1. The van der Waals surface area contributed by atoms with Crippen molar-refractivity contribution in [3.05, 3.63) is 39.9 Å². The molecule has 0 aliphatic heterocycles. The highest BCUT2D eigenvalue weighted by atomic mass is 35.5. The maximum atomic E-state index is 10.6. The SMILES string of the molecule is C[S+](C)Cc1ccccc1[N+](=O)[O-].[Cl-]. The molecule has 1 rings (SSSR count). The molecule has 0 radical (unpaired) electrons. The molecule has 0 aromatic heterocycles. The van der Waals surface area contributed by atoms with Crippen LogP contribution < -0.4 is 12.4 Å². The summed E-state index contributed by atoms with van der Waals surface area (Å²) in [5.74, 6) is 0.789. The van der Waals surface area contributed by atoms with Crippen molar-refractivity contribution in [2.24, 2.45) is 0 Å². The lowest BCUT2D eigenvalue weighted by molar-refractivity contribution is -0.385. The van der Waals surface area contributed by atoms with Crippen LogP contribution in [0, 0.1) is 10.1 Å². The zero-order valence-corrected chi connectivity index (χ0v) is 9.64. The van der Waals surface area contributed by atoms with Crippen molar-refractivity contribution in [2.75, 3.05) is 12.5 Å². The Labute approximate surface area is 92.4 Å². The molecule has 0 aliphatic carbocycles. The van der Waals surface area contributed by atoms with Crippen LogP contribution >= 0.6 is 0 Å². The van der Waals surface area contributed by atoms with Crippen LogP contribution in [0.5, 0.6) is 0 Å². The lowest BCUT2D eigenvalue weighted by Crippen LogP contribution is -3.00. The second kappa shape index (κ2) is 5.88. The molecule has 0 fully saturated rings. The van der Waals surface area contributed by atoms with Gasteiger partial charge in [0.1, 0.15) is 5.75 Å². The third kappa shape index (κ3) is 3.55. The van der Waals surface area contributed by atoms with E-state index in [1.807, 2.05) is 12.1 Å². The van der Waals surface area contributed by atoms with E-state index < -0.39 is 0 Å². The summed E-state index contributed by atoms with van der Waals surface area (Å²) in [6.45, 7) is 0. The maximum absolute atomic E-state index is 10.6. The summed E-state index contributed by atoms with van der Waals surface area (Å²) >= 11 is 0. The second-order valence-corrected chi connectivity index (χ2v) is 5.28. The third-order valence-electron chi connectivity index (χ3n) is 1.63. The van der Waals surface area contributed by atoms with Crippen LogP contribution in [0.3, 0.4) is 0 Å². The molecular weight excluding hydrogens is 222 g/mol. The number of para-hydroxylation sites is 1. The number of benzene rings is 1. The van der Waals surface area contributed by atoms with E-state index in [1.165, 1.54) is 0 Å². The van der Waals surface area contributed by atoms with Crippen molar-refractivity contribution in [2.45, 2.75) is 5.75 Å². The molecule has 3 nitrogen and oxygen atoms in total. The summed E-state index contributed by atoms with van der Waals surface area (Å²) < 4.78 is 0. The fourth-order valence-electron chi connectivity index (χ4n) is 1.12. The minimum atomic E-state index is -0.317. The fraction of sp³-hybridized carbons (Fsp3) is 0.333. The molecule has 0 amide bonds. The van der Waals surface area contributed by atoms with Crippen LogP contribution in [0.2, 0.25) is 0 Å². The Hall–Kier alpha value is -0.740. The Kier molecular flexibility index (Phi) is 5.57. The molecule has 14 heavy (non-hydrogen) atoms. The maximum Gasteiger partial charge on any atom is 0.277 e. The first-order valence-corrected chi connectivity index (χ1v) is 6.09. The third-order valence-corrected chi connectivity index (χ3v) is 2.52. The van der Waals surface area contributed by atoms with E-state index in [1.54, 1.807) is 12.1 Å². The summed E-state index contributed by atoms with van der Waals surface area (Å²) in [5.41, 5.74) is 1.07. The fourth-order valence-corrected chi connectivity index (χ4v) is 1.99. The van der Waals surface area contributed by atoms with Crippen LogP contribution in [-0.2, 0) is 16.6 Å². The lowest BCUT2D eigenvalue weighted by atomic mass is 10.2. The average molecular weight is 234 g/mol. The highest BCUT2D eigenvalue weighted by Crippen LogP contribution is 2.19. The van der Waals surface area contributed by atoms with Gasteiger partial charge in [-0.1, -0.05) is 12.1 Å². The van der Waals surface area contributed by atoms with E-state index in [0.717, 1.165) is 11.3 Å². The lowest BCUT2D eigenvalue weighted by Gasteiger charge is -1.99. The van der Waals surface area contributed by atoms with Crippen molar-refractivity contribution in [3.63, 3.8) is 0 Å². The van der Waals surface area contributed by atoms with E-state index in [4.69, 9.17) is 0 Å². The van der Waals surface area contributed by atoms with Crippen molar-refractivity contribution < 1.29 is 17.3 Å². The molecule has 0 aliphatic rings. The molecule has 78 valence electrons. The highest BCUT2D eigenvalue weighted by molar-refractivity contribution is 7.94. The van der Waals surface area contributed by atoms with E-state index in [9.17, 15) is 10.1 Å². The average Bonchev–Trinajstić information content (AvgIpc) is 2.03. The number of rotatable bonds is 3. The monoisotopic (exact) mass is 233 g/mol. The molecule has 0 saturated carbocycles. The van der Waals surface area contributed by atoms with Crippen LogP contribution in [-0.4, -0.2) is 17.4 Å². The minimum absolute atomic E-state index is 0. The Morgan fingerprint density at radius 1 is 1.36 bits per heavy atom. The standard InChI is InChI=1S/C9H12NO2S.ClH/c1-13(2)7-8-5-3-4-6-9(8)10(11)12;/h3-6H,7H2,1-2H3;1H/q+1;/p-1. The van der Waals surface area contributed by atoms with Crippen LogP contribution in [0.4, 0.5) is 5.69 Å².